The molecular weight excluding hydrogens is 324 g/mol. The molecule has 8 heteroatoms. The maximum Gasteiger partial charge on any atom is 0.314 e. The van der Waals surface area contributed by atoms with Crippen LogP contribution in [0.1, 0.15) is 50.2 Å². The first-order chi connectivity index (χ1) is 11.5. The van der Waals surface area contributed by atoms with Crippen molar-refractivity contribution in [2.45, 2.75) is 52.1 Å². The number of thiazole rings is 1. The molecule has 0 radical (unpaired) electrons. The second-order valence-corrected chi connectivity index (χ2v) is 7.16. The summed E-state index contributed by atoms with van der Waals surface area (Å²) in [6, 6.07) is -0.0291. The van der Waals surface area contributed by atoms with Gasteiger partial charge in [-0.25, -0.2) is 14.8 Å². The number of nitrogens with zero attached hydrogens (tertiary/aromatic N) is 3. The van der Waals surface area contributed by atoms with Crippen LogP contribution in [0.4, 0.5) is 4.79 Å². The molecule has 0 aromatic carbocycles. The molecule has 0 spiro atoms. The maximum atomic E-state index is 11.2. The van der Waals surface area contributed by atoms with E-state index in [1.807, 2.05) is 6.92 Å². The van der Waals surface area contributed by atoms with E-state index in [0.29, 0.717) is 31.6 Å². The normalized spacial score (nSPS) is 16.5. The van der Waals surface area contributed by atoms with Gasteiger partial charge < -0.3 is 21.3 Å². The Labute approximate surface area is 147 Å². The van der Waals surface area contributed by atoms with Gasteiger partial charge in [0.2, 0.25) is 0 Å². The van der Waals surface area contributed by atoms with Crippen LogP contribution in [0.25, 0.3) is 0 Å². The Kier molecular flexibility index (Phi) is 6.84. The van der Waals surface area contributed by atoms with Crippen molar-refractivity contribution in [3.05, 3.63) is 16.1 Å². The molecule has 1 aliphatic heterocycles. The van der Waals surface area contributed by atoms with Gasteiger partial charge in [-0.1, -0.05) is 13.8 Å². The van der Waals surface area contributed by atoms with Crippen molar-refractivity contribution < 1.29 is 4.79 Å². The Balaban J connectivity index is 1.89. The maximum absolute atomic E-state index is 11.2. The fourth-order valence-corrected chi connectivity index (χ4v) is 3.40. The minimum absolute atomic E-state index is 0.306. The van der Waals surface area contributed by atoms with Crippen LogP contribution in [0.3, 0.4) is 0 Å². The lowest BCUT2D eigenvalue weighted by Gasteiger charge is -2.32. The molecule has 1 aromatic rings. The number of aliphatic imine (C=N–C) groups is 1. The lowest BCUT2D eigenvalue weighted by atomic mass is 10.1. The minimum atomic E-state index is -0.335. The van der Waals surface area contributed by atoms with Crippen molar-refractivity contribution in [3.8, 4) is 0 Å². The third-order valence-corrected chi connectivity index (χ3v) is 5.15. The predicted octanol–water partition coefficient (Wildman–Crippen LogP) is 1.86. The highest BCUT2D eigenvalue weighted by Gasteiger charge is 2.21. The largest absolute Gasteiger partial charge is 0.357 e. The number of rotatable bonds is 5. The number of amides is 2. The summed E-state index contributed by atoms with van der Waals surface area (Å²) >= 11 is 1.69. The number of hydrogen-bond donors (Lipinski definition) is 3. The van der Waals surface area contributed by atoms with Gasteiger partial charge in [-0.3, -0.25) is 0 Å². The van der Waals surface area contributed by atoms with E-state index < -0.39 is 0 Å². The first-order valence-corrected chi connectivity index (χ1v) is 9.41. The lowest BCUT2D eigenvalue weighted by Crippen LogP contribution is -2.50. The van der Waals surface area contributed by atoms with Gasteiger partial charge in [-0.15, -0.1) is 11.3 Å². The van der Waals surface area contributed by atoms with Crippen molar-refractivity contribution in [1.29, 1.82) is 0 Å². The molecule has 2 amide bonds. The van der Waals surface area contributed by atoms with Crippen LogP contribution in [-0.2, 0) is 6.54 Å². The molecule has 1 saturated heterocycles. The molecule has 1 fully saturated rings. The Morgan fingerprint density at radius 3 is 2.75 bits per heavy atom. The topological polar surface area (TPSA) is 95.6 Å². The number of primary amides is 1. The molecule has 4 N–H and O–H groups in total. The third-order valence-electron chi connectivity index (χ3n) is 3.95. The second kappa shape index (κ2) is 8.86. The minimum Gasteiger partial charge on any atom is -0.357 e. The van der Waals surface area contributed by atoms with Gasteiger partial charge in [-0.2, -0.15) is 0 Å². The molecule has 0 saturated carbocycles. The smallest absolute Gasteiger partial charge is 0.314 e. The number of carbonyl (C=O) groups excluding carboxylic acids is 1. The molecule has 0 bridgehead atoms. The number of urea groups is 1. The molecule has 0 aliphatic carbocycles. The molecule has 2 heterocycles. The summed E-state index contributed by atoms with van der Waals surface area (Å²) in [6.07, 6.45) is 1.75. The highest BCUT2D eigenvalue weighted by Crippen LogP contribution is 2.19. The number of nitrogens with two attached hydrogens (primary N) is 1. The van der Waals surface area contributed by atoms with Crippen molar-refractivity contribution in [3.63, 3.8) is 0 Å². The monoisotopic (exact) mass is 352 g/mol. The van der Waals surface area contributed by atoms with Gasteiger partial charge in [0.25, 0.3) is 0 Å². The fraction of sp³-hybridized carbons (Fsp3) is 0.688. The number of aromatic nitrogens is 1. The number of nitrogens with one attached hydrogen (secondary N) is 2. The fourth-order valence-electron chi connectivity index (χ4n) is 2.58. The van der Waals surface area contributed by atoms with E-state index in [4.69, 9.17) is 5.73 Å². The van der Waals surface area contributed by atoms with E-state index in [-0.39, 0.29) is 6.03 Å². The summed E-state index contributed by atoms with van der Waals surface area (Å²) in [6.45, 7) is 9.10. The Morgan fingerprint density at radius 2 is 2.21 bits per heavy atom. The molecule has 0 unspecified atom stereocenters. The van der Waals surface area contributed by atoms with Crippen LogP contribution in [0.2, 0.25) is 0 Å². The first kappa shape index (κ1) is 18.5. The van der Waals surface area contributed by atoms with Crippen molar-refractivity contribution >= 4 is 23.3 Å². The van der Waals surface area contributed by atoms with Crippen molar-refractivity contribution in [1.82, 2.24) is 20.5 Å². The number of hydrogen-bond acceptors (Lipinski definition) is 4. The van der Waals surface area contributed by atoms with Crippen LogP contribution in [0.5, 0.6) is 0 Å². The zero-order valence-corrected chi connectivity index (χ0v) is 15.5. The number of carbonyl (C=O) groups is 1. The van der Waals surface area contributed by atoms with Gasteiger partial charge in [0, 0.05) is 37.0 Å². The molecular formula is C16H28N6OS. The Morgan fingerprint density at radius 1 is 1.50 bits per heavy atom. The molecule has 24 heavy (non-hydrogen) atoms. The van der Waals surface area contributed by atoms with Crippen LogP contribution in [0, 0.1) is 0 Å². The van der Waals surface area contributed by atoms with E-state index in [0.717, 1.165) is 36.0 Å². The molecule has 1 aliphatic rings. The second-order valence-electron chi connectivity index (χ2n) is 6.27. The average Bonchev–Trinajstić information content (AvgIpc) is 3.02. The quantitative estimate of drug-likeness (QED) is 0.557. The zero-order valence-electron chi connectivity index (χ0n) is 14.7. The molecule has 7 nitrogen and oxygen atoms in total. The van der Waals surface area contributed by atoms with E-state index in [1.54, 1.807) is 16.2 Å². The van der Waals surface area contributed by atoms with E-state index in [9.17, 15) is 4.79 Å². The van der Waals surface area contributed by atoms with E-state index in [2.05, 4.69) is 39.8 Å². The highest BCUT2D eigenvalue weighted by atomic mass is 32.1. The van der Waals surface area contributed by atoms with Crippen molar-refractivity contribution in [2.75, 3.05) is 19.6 Å². The van der Waals surface area contributed by atoms with Gasteiger partial charge in [-0.05, 0) is 19.8 Å². The number of piperidine rings is 1. The number of guanidine groups is 1. The van der Waals surface area contributed by atoms with Crippen LogP contribution < -0.4 is 16.4 Å². The molecule has 1 aromatic heterocycles. The zero-order chi connectivity index (χ0) is 17.5. The van der Waals surface area contributed by atoms with Gasteiger partial charge in [0.05, 0.1) is 17.2 Å². The van der Waals surface area contributed by atoms with Crippen LogP contribution in [-0.4, -0.2) is 47.6 Å². The SMILES string of the molecule is CCNC(=NCc1csc(C(C)C)n1)NC1CCN(C(N)=O)CC1. The summed E-state index contributed by atoms with van der Waals surface area (Å²) in [5.74, 6) is 1.25. The average molecular weight is 353 g/mol. The van der Waals surface area contributed by atoms with Gasteiger partial charge in [0.1, 0.15) is 0 Å². The van der Waals surface area contributed by atoms with Crippen LogP contribution >= 0.6 is 11.3 Å². The summed E-state index contributed by atoms with van der Waals surface area (Å²) in [5.41, 5.74) is 6.33. The van der Waals surface area contributed by atoms with Gasteiger partial charge >= 0.3 is 6.03 Å². The summed E-state index contributed by atoms with van der Waals surface area (Å²) in [5, 5.41) is 9.95. The highest BCUT2D eigenvalue weighted by molar-refractivity contribution is 7.09. The Bertz CT molecular complexity index is 563. The van der Waals surface area contributed by atoms with E-state index >= 15 is 0 Å². The lowest BCUT2D eigenvalue weighted by molar-refractivity contribution is 0.188. The summed E-state index contributed by atoms with van der Waals surface area (Å²) < 4.78 is 0. The van der Waals surface area contributed by atoms with Gasteiger partial charge in [0.15, 0.2) is 5.96 Å². The molecule has 2 rings (SSSR count). The van der Waals surface area contributed by atoms with E-state index in [1.165, 1.54) is 0 Å². The standard InChI is InChI=1S/C16H28N6OS/c1-4-18-16(19-9-13-10-24-14(20-13)11(2)3)21-12-5-7-22(8-6-12)15(17)23/h10-12H,4-9H2,1-3H3,(H2,17,23)(H2,18,19,21). The molecule has 134 valence electrons. The molecule has 0 atom stereocenters. The first-order valence-electron chi connectivity index (χ1n) is 8.53. The Hall–Kier alpha value is -1.83. The van der Waals surface area contributed by atoms with Crippen molar-refractivity contribution in [2.24, 2.45) is 10.7 Å². The summed E-state index contributed by atoms with van der Waals surface area (Å²) in [7, 11) is 0. The third kappa shape index (κ3) is 5.36. The summed E-state index contributed by atoms with van der Waals surface area (Å²) in [4.78, 5) is 22.1. The van der Waals surface area contributed by atoms with Crippen LogP contribution in [0.15, 0.2) is 10.4 Å². The predicted molar refractivity (Wildman–Crippen MR) is 98.3 cm³/mol. The number of likely N-dealkylation sites (tertiary alicyclic amines) is 1.